The van der Waals surface area contributed by atoms with Gasteiger partial charge in [-0.3, -0.25) is 4.98 Å². The molecule has 0 aromatic carbocycles. The van der Waals surface area contributed by atoms with Crippen LogP contribution in [0.4, 0.5) is 4.39 Å². The Balaban J connectivity index is 0.00000121. The van der Waals surface area contributed by atoms with Crippen LogP contribution in [0.25, 0.3) is 0 Å². The van der Waals surface area contributed by atoms with Crippen LogP contribution in [-0.2, 0) is 0 Å². The van der Waals surface area contributed by atoms with Crippen LogP contribution in [0, 0.1) is 5.82 Å². The molecule has 0 spiro atoms. The van der Waals surface area contributed by atoms with Gasteiger partial charge in [-0.05, 0) is 6.07 Å². The number of hydrogen-bond acceptors (Lipinski definition) is 3. The van der Waals surface area contributed by atoms with E-state index in [9.17, 15) is 4.39 Å². The highest BCUT2D eigenvalue weighted by Gasteiger charge is 2.05. The number of pyridine rings is 1. The molecule has 1 aromatic rings. The van der Waals surface area contributed by atoms with Crippen molar-refractivity contribution < 1.29 is 9.50 Å². The molecule has 5 heteroatoms. The number of aliphatic hydroxyl groups is 1. The molecular formula is C7H10ClFN2O. The highest BCUT2D eigenvalue weighted by molar-refractivity contribution is 5.85. The lowest BCUT2D eigenvalue weighted by Crippen LogP contribution is -2.11. The maximum Gasteiger partial charge on any atom is 0.141 e. The molecule has 1 rings (SSSR count). The monoisotopic (exact) mass is 192 g/mol. The zero-order valence-electron chi connectivity index (χ0n) is 6.27. The van der Waals surface area contributed by atoms with E-state index in [0.717, 1.165) is 6.20 Å². The standard InChI is InChI=1S/C7H9FN2O.ClH/c8-6-1-5(3-10-4-6)7(11)2-9;/h1,3-4,7,11H,2,9H2;1H. The zero-order valence-corrected chi connectivity index (χ0v) is 7.09. The Labute approximate surface area is 75.8 Å². The maximum absolute atomic E-state index is 12.4. The Morgan fingerprint density at radius 1 is 1.58 bits per heavy atom. The van der Waals surface area contributed by atoms with E-state index < -0.39 is 11.9 Å². The van der Waals surface area contributed by atoms with E-state index in [-0.39, 0.29) is 19.0 Å². The Hall–Kier alpha value is -0.710. The van der Waals surface area contributed by atoms with Crippen LogP contribution in [0.2, 0.25) is 0 Å². The minimum absolute atomic E-state index is 0. The molecule has 0 saturated heterocycles. The lowest BCUT2D eigenvalue weighted by molar-refractivity contribution is 0.186. The average molecular weight is 193 g/mol. The van der Waals surface area contributed by atoms with Crippen molar-refractivity contribution in [2.75, 3.05) is 6.54 Å². The summed E-state index contributed by atoms with van der Waals surface area (Å²) in [5, 5.41) is 9.12. The largest absolute Gasteiger partial charge is 0.387 e. The van der Waals surface area contributed by atoms with Crippen molar-refractivity contribution in [3.63, 3.8) is 0 Å². The number of nitrogens with zero attached hydrogens (tertiary/aromatic N) is 1. The third-order valence-corrected chi connectivity index (χ3v) is 1.33. The summed E-state index contributed by atoms with van der Waals surface area (Å²) in [7, 11) is 0. The van der Waals surface area contributed by atoms with Crippen LogP contribution in [0.1, 0.15) is 11.7 Å². The van der Waals surface area contributed by atoms with Crippen LogP contribution in [0.5, 0.6) is 0 Å². The molecule has 0 radical (unpaired) electrons. The Bertz CT molecular complexity index is 247. The van der Waals surface area contributed by atoms with E-state index in [1.807, 2.05) is 0 Å². The number of hydrogen-bond donors (Lipinski definition) is 2. The fourth-order valence-corrected chi connectivity index (χ4v) is 0.747. The molecule has 0 fully saturated rings. The van der Waals surface area contributed by atoms with Gasteiger partial charge in [0.15, 0.2) is 0 Å². The summed E-state index contributed by atoms with van der Waals surface area (Å²) in [5.74, 6) is -0.463. The van der Waals surface area contributed by atoms with Crippen molar-refractivity contribution >= 4 is 12.4 Å². The van der Waals surface area contributed by atoms with Crippen LogP contribution in [0.3, 0.4) is 0 Å². The van der Waals surface area contributed by atoms with Gasteiger partial charge in [-0.1, -0.05) is 0 Å². The summed E-state index contributed by atoms with van der Waals surface area (Å²) < 4.78 is 12.4. The zero-order chi connectivity index (χ0) is 8.27. The van der Waals surface area contributed by atoms with Crippen molar-refractivity contribution in [1.29, 1.82) is 0 Å². The van der Waals surface area contributed by atoms with Gasteiger partial charge in [0.05, 0.1) is 12.3 Å². The molecule has 0 aliphatic carbocycles. The fourth-order valence-electron chi connectivity index (χ4n) is 0.747. The van der Waals surface area contributed by atoms with Gasteiger partial charge >= 0.3 is 0 Å². The fraction of sp³-hybridized carbons (Fsp3) is 0.286. The van der Waals surface area contributed by atoms with Gasteiger partial charge in [0.2, 0.25) is 0 Å². The molecule has 0 aliphatic heterocycles. The van der Waals surface area contributed by atoms with Crippen molar-refractivity contribution in [2.24, 2.45) is 5.73 Å². The summed E-state index contributed by atoms with van der Waals surface area (Å²) in [6, 6.07) is 1.21. The van der Waals surface area contributed by atoms with Crippen molar-refractivity contribution in [2.45, 2.75) is 6.10 Å². The SMILES string of the molecule is Cl.NCC(O)c1cncc(F)c1. The molecule has 1 unspecified atom stereocenters. The lowest BCUT2D eigenvalue weighted by atomic mass is 10.2. The Kier molecular flexibility index (Phi) is 4.73. The predicted molar refractivity (Wildman–Crippen MR) is 45.5 cm³/mol. The number of aliphatic hydroxyl groups excluding tert-OH is 1. The minimum atomic E-state index is -0.821. The van der Waals surface area contributed by atoms with Crippen LogP contribution in [0.15, 0.2) is 18.5 Å². The third-order valence-electron chi connectivity index (χ3n) is 1.33. The van der Waals surface area contributed by atoms with Gasteiger partial charge in [-0.25, -0.2) is 4.39 Å². The number of halogens is 2. The minimum Gasteiger partial charge on any atom is -0.387 e. The molecule has 1 atom stereocenters. The first-order chi connectivity index (χ1) is 5.24. The van der Waals surface area contributed by atoms with E-state index in [1.54, 1.807) is 0 Å². The van der Waals surface area contributed by atoms with E-state index >= 15 is 0 Å². The van der Waals surface area contributed by atoms with Gasteiger partial charge in [0.25, 0.3) is 0 Å². The molecule has 68 valence electrons. The van der Waals surface area contributed by atoms with E-state index in [0.29, 0.717) is 5.56 Å². The lowest BCUT2D eigenvalue weighted by Gasteiger charge is -2.05. The normalized spacial score (nSPS) is 11.9. The van der Waals surface area contributed by atoms with Gasteiger partial charge < -0.3 is 10.8 Å². The molecular weight excluding hydrogens is 183 g/mol. The van der Waals surface area contributed by atoms with Crippen molar-refractivity contribution in [3.8, 4) is 0 Å². The van der Waals surface area contributed by atoms with E-state index in [1.165, 1.54) is 12.3 Å². The van der Waals surface area contributed by atoms with Crippen molar-refractivity contribution in [3.05, 3.63) is 29.8 Å². The Morgan fingerprint density at radius 3 is 2.75 bits per heavy atom. The molecule has 0 bridgehead atoms. The van der Waals surface area contributed by atoms with Crippen LogP contribution in [-0.4, -0.2) is 16.6 Å². The number of nitrogens with two attached hydrogens (primary N) is 1. The topological polar surface area (TPSA) is 59.1 Å². The summed E-state index contributed by atoms with van der Waals surface area (Å²) in [5.41, 5.74) is 5.56. The first kappa shape index (κ1) is 11.3. The van der Waals surface area contributed by atoms with Gasteiger partial charge in [0, 0.05) is 18.3 Å². The van der Waals surface area contributed by atoms with Gasteiger partial charge in [0.1, 0.15) is 5.82 Å². The summed E-state index contributed by atoms with van der Waals surface area (Å²) in [6.45, 7) is 0.0745. The molecule has 1 heterocycles. The maximum atomic E-state index is 12.4. The Morgan fingerprint density at radius 2 is 2.25 bits per heavy atom. The molecule has 12 heavy (non-hydrogen) atoms. The number of rotatable bonds is 2. The summed E-state index contributed by atoms with van der Waals surface area (Å²) >= 11 is 0. The first-order valence-corrected chi connectivity index (χ1v) is 3.22. The van der Waals surface area contributed by atoms with Gasteiger partial charge in [-0.2, -0.15) is 0 Å². The first-order valence-electron chi connectivity index (χ1n) is 3.22. The third kappa shape index (κ3) is 2.73. The quantitative estimate of drug-likeness (QED) is 0.723. The molecule has 3 nitrogen and oxygen atoms in total. The summed E-state index contributed by atoms with van der Waals surface area (Å²) in [4.78, 5) is 3.56. The van der Waals surface area contributed by atoms with E-state index in [4.69, 9.17) is 10.8 Å². The van der Waals surface area contributed by atoms with Gasteiger partial charge in [-0.15, -0.1) is 12.4 Å². The highest BCUT2D eigenvalue weighted by atomic mass is 35.5. The molecule has 0 aliphatic rings. The number of aromatic nitrogens is 1. The second-order valence-electron chi connectivity index (χ2n) is 2.19. The molecule has 3 N–H and O–H groups in total. The molecule has 0 saturated carbocycles. The predicted octanol–water partition coefficient (Wildman–Crippen LogP) is 0.635. The second kappa shape index (κ2) is 5.03. The van der Waals surface area contributed by atoms with Crippen LogP contribution >= 0.6 is 12.4 Å². The van der Waals surface area contributed by atoms with E-state index in [2.05, 4.69) is 4.98 Å². The average Bonchev–Trinajstić information content (AvgIpc) is 2.03. The summed E-state index contributed by atoms with van der Waals surface area (Å²) in [6.07, 6.45) is 1.64. The second-order valence-corrected chi connectivity index (χ2v) is 2.19. The molecule has 1 aromatic heterocycles. The smallest absolute Gasteiger partial charge is 0.141 e. The van der Waals surface area contributed by atoms with Crippen LogP contribution < -0.4 is 5.73 Å². The molecule has 0 amide bonds. The highest BCUT2D eigenvalue weighted by Crippen LogP contribution is 2.10. The van der Waals surface area contributed by atoms with Crippen molar-refractivity contribution in [1.82, 2.24) is 4.98 Å².